The van der Waals surface area contributed by atoms with Crippen LogP contribution in [0.25, 0.3) is 0 Å². The SMILES string of the molecule is COc1cc(C)c(Cl)cc1N(C)CCO. The van der Waals surface area contributed by atoms with E-state index in [0.717, 1.165) is 17.0 Å². The Morgan fingerprint density at radius 2 is 2.13 bits per heavy atom. The molecule has 0 spiro atoms. The number of hydrogen-bond donors (Lipinski definition) is 1. The molecule has 0 bridgehead atoms. The molecule has 0 aliphatic rings. The molecule has 0 heterocycles. The fourth-order valence-electron chi connectivity index (χ4n) is 1.38. The minimum Gasteiger partial charge on any atom is -0.495 e. The molecule has 4 heteroatoms. The molecular formula is C11H16ClNO2. The van der Waals surface area contributed by atoms with E-state index < -0.39 is 0 Å². The Morgan fingerprint density at radius 1 is 1.47 bits per heavy atom. The number of likely N-dealkylation sites (N-methyl/N-ethyl adjacent to an activating group) is 1. The minimum atomic E-state index is 0.102. The van der Waals surface area contributed by atoms with Gasteiger partial charge < -0.3 is 14.7 Å². The van der Waals surface area contributed by atoms with Crippen LogP contribution in [0.5, 0.6) is 5.75 Å². The average molecular weight is 230 g/mol. The first-order valence-corrected chi connectivity index (χ1v) is 5.14. The second kappa shape index (κ2) is 5.24. The Hall–Kier alpha value is -0.930. The summed E-state index contributed by atoms with van der Waals surface area (Å²) < 4.78 is 5.27. The third kappa shape index (κ3) is 2.76. The van der Waals surface area contributed by atoms with E-state index in [4.69, 9.17) is 21.4 Å². The van der Waals surface area contributed by atoms with Crippen LogP contribution in [0, 0.1) is 6.92 Å². The standard InChI is InChI=1S/C11H16ClNO2/c1-8-6-11(15-3)10(7-9(8)12)13(2)4-5-14/h6-7,14H,4-5H2,1-3H3. The van der Waals surface area contributed by atoms with Crippen LogP contribution in [0.15, 0.2) is 12.1 Å². The number of aliphatic hydroxyl groups excluding tert-OH is 1. The number of aryl methyl sites for hydroxylation is 1. The zero-order chi connectivity index (χ0) is 11.4. The van der Waals surface area contributed by atoms with Crippen LogP contribution in [-0.2, 0) is 0 Å². The van der Waals surface area contributed by atoms with Crippen LogP contribution in [0.2, 0.25) is 5.02 Å². The monoisotopic (exact) mass is 229 g/mol. The highest BCUT2D eigenvalue weighted by atomic mass is 35.5. The molecule has 0 aliphatic heterocycles. The maximum absolute atomic E-state index is 8.87. The van der Waals surface area contributed by atoms with Crippen LogP contribution in [0.3, 0.4) is 0 Å². The average Bonchev–Trinajstić information content (AvgIpc) is 2.21. The van der Waals surface area contributed by atoms with Crippen LogP contribution in [0.4, 0.5) is 5.69 Å². The topological polar surface area (TPSA) is 32.7 Å². The van der Waals surface area contributed by atoms with Gasteiger partial charge in [0, 0.05) is 18.6 Å². The molecule has 0 aliphatic carbocycles. The second-order valence-corrected chi connectivity index (χ2v) is 3.83. The largest absolute Gasteiger partial charge is 0.495 e. The quantitative estimate of drug-likeness (QED) is 0.858. The summed E-state index contributed by atoms with van der Waals surface area (Å²) in [5.41, 5.74) is 1.87. The lowest BCUT2D eigenvalue weighted by molar-refractivity contribution is 0.303. The number of aliphatic hydroxyl groups is 1. The first kappa shape index (κ1) is 12.1. The lowest BCUT2D eigenvalue weighted by Gasteiger charge is -2.21. The molecule has 1 rings (SSSR count). The molecule has 0 fully saturated rings. The normalized spacial score (nSPS) is 10.2. The molecule has 15 heavy (non-hydrogen) atoms. The Labute approximate surface area is 95.2 Å². The van der Waals surface area contributed by atoms with Gasteiger partial charge in [0.05, 0.1) is 19.4 Å². The van der Waals surface area contributed by atoms with E-state index in [2.05, 4.69) is 0 Å². The molecule has 0 amide bonds. The first-order chi connectivity index (χ1) is 7.10. The summed E-state index contributed by atoms with van der Waals surface area (Å²) in [7, 11) is 3.51. The van der Waals surface area contributed by atoms with E-state index in [9.17, 15) is 0 Å². The van der Waals surface area contributed by atoms with Crippen molar-refractivity contribution in [3.8, 4) is 5.75 Å². The van der Waals surface area contributed by atoms with Crippen molar-refractivity contribution in [2.75, 3.05) is 32.2 Å². The number of rotatable bonds is 4. The summed E-state index contributed by atoms with van der Waals surface area (Å²) >= 11 is 6.04. The van der Waals surface area contributed by atoms with Gasteiger partial charge in [0.2, 0.25) is 0 Å². The summed E-state index contributed by atoms with van der Waals surface area (Å²) in [4.78, 5) is 1.91. The predicted molar refractivity (Wildman–Crippen MR) is 63.1 cm³/mol. The molecule has 84 valence electrons. The van der Waals surface area contributed by atoms with Gasteiger partial charge in [-0.25, -0.2) is 0 Å². The third-order valence-corrected chi connectivity index (χ3v) is 2.71. The summed E-state index contributed by atoms with van der Waals surface area (Å²) in [5.74, 6) is 0.771. The molecule has 1 N–H and O–H groups in total. The molecule has 0 saturated carbocycles. The summed E-state index contributed by atoms with van der Waals surface area (Å²) in [6.45, 7) is 2.58. The minimum absolute atomic E-state index is 0.102. The van der Waals surface area contributed by atoms with Crippen molar-refractivity contribution in [3.63, 3.8) is 0 Å². The number of halogens is 1. The van der Waals surface area contributed by atoms with E-state index in [1.54, 1.807) is 7.11 Å². The van der Waals surface area contributed by atoms with Crippen molar-refractivity contribution in [1.82, 2.24) is 0 Å². The molecule has 1 aromatic rings. The Kier molecular flexibility index (Phi) is 4.24. The Bertz CT molecular complexity index is 342. The second-order valence-electron chi connectivity index (χ2n) is 3.42. The van der Waals surface area contributed by atoms with Gasteiger partial charge in [0.25, 0.3) is 0 Å². The van der Waals surface area contributed by atoms with Gasteiger partial charge >= 0.3 is 0 Å². The highest BCUT2D eigenvalue weighted by molar-refractivity contribution is 6.31. The van der Waals surface area contributed by atoms with E-state index in [1.165, 1.54) is 0 Å². The Morgan fingerprint density at radius 3 is 2.67 bits per heavy atom. The fraction of sp³-hybridized carbons (Fsp3) is 0.455. The zero-order valence-corrected chi connectivity index (χ0v) is 10.0. The molecule has 0 radical (unpaired) electrons. The number of hydrogen-bond acceptors (Lipinski definition) is 3. The molecular weight excluding hydrogens is 214 g/mol. The van der Waals surface area contributed by atoms with Crippen molar-refractivity contribution in [1.29, 1.82) is 0 Å². The van der Waals surface area contributed by atoms with Gasteiger partial charge in [0.15, 0.2) is 0 Å². The first-order valence-electron chi connectivity index (χ1n) is 4.76. The van der Waals surface area contributed by atoms with Crippen LogP contribution >= 0.6 is 11.6 Å². The Balaban J connectivity index is 3.09. The summed E-state index contributed by atoms with van der Waals surface area (Å²) in [6, 6.07) is 3.75. The summed E-state index contributed by atoms with van der Waals surface area (Å²) in [5, 5.41) is 9.57. The van der Waals surface area contributed by atoms with Crippen molar-refractivity contribution in [3.05, 3.63) is 22.7 Å². The lowest BCUT2D eigenvalue weighted by atomic mass is 10.2. The molecule has 3 nitrogen and oxygen atoms in total. The van der Waals surface area contributed by atoms with Gasteiger partial charge in [-0.05, 0) is 24.6 Å². The molecule has 0 aromatic heterocycles. The van der Waals surface area contributed by atoms with Gasteiger partial charge in [-0.1, -0.05) is 11.6 Å². The van der Waals surface area contributed by atoms with Crippen LogP contribution < -0.4 is 9.64 Å². The van der Waals surface area contributed by atoms with Crippen molar-refractivity contribution in [2.24, 2.45) is 0 Å². The third-order valence-electron chi connectivity index (χ3n) is 2.31. The zero-order valence-electron chi connectivity index (χ0n) is 9.25. The number of methoxy groups -OCH3 is 1. The smallest absolute Gasteiger partial charge is 0.142 e. The fourth-order valence-corrected chi connectivity index (χ4v) is 1.53. The lowest BCUT2D eigenvalue weighted by Crippen LogP contribution is -2.21. The molecule has 0 atom stereocenters. The highest BCUT2D eigenvalue weighted by Crippen LogP contribution is 2.32. The molecule has 0 saturated heterocycles. The van der Waals surface area contributed by atoms with E-state index in [1.807, 2.05) is 31.0 Å². The van der Waals surface area contributed by atoms with E-state index in [0.29, 0.717) is 11.6 Å². The maximum atomic E-state index is 8.87. The predicted octanol–water partition coefficient (Wildman–Crippen LogP) is 2.09. The van der Waals surface area contributed by atoms with Crippen molar-refractivity contribution < 1.29 is 9.84 Å². The maximum Gasteiger partial charge on any atom is 0.142 e. The van der Waals surface area contributed by atoms with Gasteiger partial charge in [-0.15, -0.1) is 0 Å². The van der Waals surface area contributed by atoms with Crippen LogP contribution in [0.1, 0.15) is 5.56 Å². The summed E-state index contributed by atoms with van der Waals surface area (Å²) in [6.07, 6.45) is 0. The van der Waals surface area contributed by atoms with Crippen molar-refractivity contribution >= 4 is 17.3 Å². The number of anilines is 1. The van der Waals surface area contributed by atoms with Crippen molar-refractivity contribution in [2.45, 2.75) is 6.92 Å². The number of nitrogens with zero attached hydrogens (tertiary/aromatic N) is 1. The van der Waals surface area contributed by atoms with Crippen LogP contribution in [-0.4, -0.2) is 32.4 Å². The number of benzene rings is 1. The number of ether oxygens (including phenoxy) is 1. The van der Waals surface area contributed by atoms with Gasteiger partial charge in [0.1, 0.15) is 5.75 Å². The van der Waals surface area contributed by atoms with Gasteiger partial charge in [-0.2, -0.15) is 0 Å². The molecule has 0 unspecified atom stereocenters. The molecule has 1 aromatic carbocycles. The van der Waals surface area contributed by atoms with Gasteiger partial charge in [-0.3, -0.25) is 0 Å². The van der Waals surface area contributed by atoms with E-state index in [-0.39, 0.29) is 6.61 Å². The van der Waals surface area contributed by atoms with E-state index >= 15 is 0 Å². The highest BCUT2D eigenvalue weighted by Gasteiger charge is 2.10.